The zero-order chi connectivity index (χ0) is 26.6. The number of imide groups is 1. The molecule has 0 radical (unpaired) electrons. The Bertz CT molecular complexity index is 1220. The molecule has 3 heterocycles. The maximum atomic E-state index is 13.7. The van der Waals surface area contributed by atoms with Gasteiger partial charge >= 0.3 is 12.1 Å². The van der Waals surface area contributed by atoms with E-state index in [1.54, 1.807) is 0 Å². The van der Waals surface area contributed by atoms with Crippen LogP contribution >= 0.6 is 0 Å². The number of hydrogen-bond donors (Lipinski definition) is 1. The fourth-order valence-corrected chi connectivity index (χ4v) is 5.77. The Morgan fingerprint density at radius 3 is 2.47 bits per heavy atom. The smallest absolute Gasteiger partial charge is 0.418 e. The highest BCUT2D eigenvalue weighted by molar-refractivity contribution is 5.92. The van der Waals surface area contributed by atoms with E-state index in [0.717, 1.165) is 74.6 Å². The molecule has 0 bridgehead atoms. The molecule has 3 aliphatic rings. The molecule has 1 atom stereocenters. The number of anilines is 1. The molecule has 5 rings (SSSR count). The number of piperidine rings is 2. The third-order valence-corrected chi connectivity index (χ3v) is 7.96. The predicted octanol–water partition coefficient (Wildman–Crippen LogP) is 4.42. The van der Waals surface area contributed by atoms with E-state index < -0.39 is 29.8 Å². The minimum atomic E-state index is -1.04. The number of benzene rings is 2. The van der Waals surface area contributed by atoms with Crippen molar-refractivity contribution < 1.29 is 23.1 Å². The summed E-state index contributed by atoms with van der Waals surface area (Å²) in [4.78, 5) is 30.8. The number of nitrogens with one attached hydrogen (secondary N) is 1. The van der Waals surface area contributed by atoms with Crippen molar-refractivity contribution in [2.45, 2.75) is 37.8 Å². The monoisotopic (exact) mass is 523 g/mol. The second-order valence-electron chi connectivity index (χ2n) is 10.1. The highest BCUT2D eigenvalue weighted by atomic mass is 19.2. The average Bonchev–Trinajstić information content (AvgIpc) is 3.35. The van der Waals surface area contributed by atoms with Crippen LogP contribution in [0.15, 0.2) is 42.5 Å². The van der Waals surface area contributed by atoms with Crippen molar-refractivity contribution in [1.29, 1.82) is 5.26 Å². The summed E-state index contributed by atoms with van der Waals surface area (Å²) >= 11 is 0. The molecule has 0 aromatic heterocycles. The second-order valence-corrected chi connectivity index (χ2v) is 10.1. The van der Waals surface area contributed by atoms with Gasteiger partial charge in [-0.15, -0.1) is 0 Å². The van der Waals surface area contributed by atoms with Crippen LogP contribution < -0.4 is 10.2 Å². The van der Waals surface area contributed by atoms with Crippen molar-refractivity contribution >= 4 is 17.8 Å². The van der Waals surface area contributed by atoms with Gasteiger partial charge in [0, 0.05) is 25.7 Å². The van der Waals surface area contributed by atoms with Crippen LogP contribution in [-0.2, 0) is 4.74 Å². The van der Waals surface area contributed by atoms with E-state index in [1.807, 2.05) is 24.3 Å². The summed E-state index contributed by atoms with van der Waals surface area (Å²) in [6, 6.07) is 12.5. The maximum absolute atomic E-state index is 13.7. The van der Waals surface area contributed by atoms with E-state index in [-0.39, 0.29) is 12.5 Å². The molecule has 3 aliphatic heterocycles. The largest absolute Gasteiger partial charge is 0.446 e. The number of ether oxygens (including phenoxy) is 1. The van der Waals surface area contributed by atoms with Crippen LogP contribution in [0.1, 0.15) is 42.9 Å². The summed E-state index contributed by atoms with van der Waals surface area (Å²) in [7, 11) is 0. The van der Waals surface area contributed by atoms with Crippen LogP contribution in [0.4, 0.5) is 24.1 Å². The Kier molecular flexibility index (Phi) is 7.74. The molecule has 2 aromatic rings. The Morgan fingerprint density at radius 2 is 1.76 bits per heavy atom. The van der Waals surface area contributed by atoms with E-state index in [1.165, 1.54) is 6.07 Å². The van der Waals surface area contributed by atoms with E-state index >= 15 is 0 Å². The van der Waals surface area contributed by atoms with Gasteiger partial charge in [0.1, 0.15) is 18.7 Å². The van der Waals surface area contributed by atoms with Gasteiger partial charge in [0.15, 0.2) is 11.6 Å². The number of carbonyl (C=O) groups is 2. The van der Waals surface area contributed by atoms with Crippen LogP contribution in [0.2, 0.25) is 0 Å². The molecule has 10 heteroatoms. The number of urea groups is 1. The van der Waals surface area contributed by atoms with Gasteiger partial charge in [-0.2, -0.15) is 5.26 Å². The number of carbonyl (C=O) groups excluding carboxylic acids is 2. The average molecular weight is 524 g/mol. The number of nitriles is 1. The van der Waals surface area contributed by atoms with Crippen molar-refractivity contribution in [2.24, 2.45) is 5.92 Å². The minimum absolute atomic E-state index is 0.101. The Balaban J connectivity index is 1.08. The highest BCUT2D eigenvalue weighted by Crippen LogP contribution is 2.30. The quantitative estimate of drug-likeness (QED) is 0.624. The number of amides is 3. The van der Waals surface area contributed by atoms with Crippen LogP contribution in [0.5, 0.6) is 0 Å². The summed E-state index contributed by atoms with van der Waals surface area (Å²) < 4.78 is 32.1. The first kappa shape index (κ1) is 25.9. The molecule has 8 nitrogen and oxygen atoms in total. The zero-order valence-electron chi connectivity index (χ0n) is 21.1. The van der Waals surface area contributed by atoms with E-state index in [9.17, 15) is 23.6 Å². The Hall–Kier alpha value is -3.71. The number of halogens is 2. The highest BCUT2D eigenvalue weighted by Gasteiger charge is 2.39. The molecule has 1 unspecified atom stereocenters. The zero-order valence-corrected chi connectivity index (χ0v) is 21.1. The molecule has 3 saturated heterocycles. The van der Waals surface area contributed by atoms with Crippen molar-refractivity contribution in [3.05, 3.63) is 65.2 Å². The molecular weight excluding hydrogens is 492 g/mol. The van der Waals surface area contributed by atoms with Crippen LogP contribution in [0.3, 0.4) is 0 Å². The van der Waals surface area contributed by atoms with E-state index in [4.69, 9.17) is 4.74 Å². The summed E-state index contributed by atoms with van der Waals surface area (Å²) in [5.41, 5.74) is 2.03. The number of para-hydroxylation sites is 1. The third-order valence-electron chi connectivity index (χ3n) is 7.96. The summed E-state index contributed by atoms with van der Waals surface area (Å²) in [6.07, 6.45) is 3.17. The van der Waals surface area contributed by atoms with Crippen LogP contribution in [0.25, 0.3) is 0 Å². The molecule has 38 heavy (non-hydrogen) atoms. The molecule has 0 spiro atoms. The topological polar surface area (TPSA) is 88.9 Å². The lowest BCUT2D eigenvalue weighted by Crippen LogP contribution is -2.49. The number of rotatable bonds is 5. The van der Waals surface area contributed by atoms with Gasteiger partial charge in [-0.25, -0.2) is 23.3 Å². The molecule has 0 saturated carbocycles. The van der Waals surface area contributed by atoms with Gasteiger partial charge in [0.2, 0.25) is 0 Å². The first-order valence-electron chi connectivity index (χ1n) is 13.1. The molecule has 3 fully saturated rings. The molecule has 1 N–H and O–H groups in total. The van der Waals surface area contributed by atoms with Gasteiger partial charge in [0.25, 0.3) is 0 Å². The number of hydrogen-bond acceptors (Lipinski definition) is 6. The van der Waals surface area contributed by atoms with Crippen LogP contribution in [-0.4, -0.2) is 67.3 Å². The third kappa shape index (κ3) is 5.43. The fraction of sp³-hybridized carbons (Fsp3) is 0.464. The van der Waals surface area contributed by atoms with E-state index in [0.29, 0.717) is 23.7 Å². The molecule has 3 amide bonds. The van der Waals surface area contributed by atoms with Crippen molar-refractivity contribution in [1.82, 2.24) is 15.1 Å². The summed E-state index contributed by atoms with van der Waals surface area (Å²) in [5.74, 6) is -1.74. The Labute approximate surface area is 220 Å². The minimum Gasteiger partial charge on any atom is -0.446 e. The van der Waals surface area contributed by atoms with Crippen molar-refractivity contribution in [2.75, 3.05) is 44.2 Å². The first-order valence-corrected chi connectivity index (χ1v) is 13.1. The number of cyclic esters (lactones) is 1. The maximum Gasteiger partial charge on any atom is 0.418 e. The molecule has 2 aromatic carbocycles. The normalized spacial score (nSPS) is 21.3. The van der Waals surface area contributed by atoms with Crippen molar-refractivity contribution in [3.63, 3.8) is 0 Å². The van der Waals surface area contributed by atoms with E-state index in [2.05, 4.69) is 21.2 Å². The second kappa shape index (κ2) is 11.4. The molecule has 200 valence electrons. The lowest BCUT2D eigenvalue weighted by molar-refractivity contribution is 0.114. The lowest BCUT2D eigenvalue weighted by atomic mass is 9.93. The van der Waals surface area contributed by atoms with Crippen LogP contribution in [0, 0.1) is 28.9 Å². The van der Waals surface area contributed by atoms with Gasteiger partial charge in [-0.1, -0.05) is 18.2 Å². The summed E-state index contributed by atoms with van der Waals surface area (Å²) in [6.45, 7) is 4.07. The van der Waals surface area contributed by atoms with Gasteiger partial charge in [-0.05, 0) is 74.5 Å². The number of nitrogens with zero attached hydrogens (tertiary/aromatic N) is 4. The van der Waals surface area contributed by atoms with Gasteiger partial charge < -0.3 is 19.9 Å². The van der Waals surface area contributed by atoms with Crippen molar-refractivity contribution in [3.8, 4) is 6.07 Å². The first-order chi connectivity index (χ1) is 18.4. The van der Waals surface area contributed by atoms with Gasteiger partial charge in [0.05, 0.1) is 11.3 Å². The summed E-state index contributed by atoms with van der Waals surface area (Å²) in [5, 5.41) is 12.3. The standard InChI is InChI=1S/C28H31F2N5O3/c29-23-6-5-20(15-24(23)30)26-18-38-28(37)35(26)27(36)32-17-19-7-11-33(12-8-19)22-9-13-34(14-10-22)25-4-2-1-3-21(25)16-31/h1-6,15,19,22,26H,7-14,17-18H2,(H,32,36). The SMILES string of the molecule is N#Cc1ccccc1N1CCC(N2CCC(CNC(=O)N3C(=O)OCC3c3ccc(F)c(F)c3)CC2)CC1. The number of likely N-dealkylation sites (tertiary alicyclic amines) is 1. The molecular formula is C28H31F2N5O3. The lowest BCUT2D eigenvalue weighted by Gasteiger charge is -2.42. The fourth-order valence-electron chi connectivity index (χ4n) is 5.77. The molecule has 0 aliphatic carbocycles. The Morgan fingerprint density at radius 1 is 1.03 bits per heavy atom. The van der Waals surface area contributed by atoms with Gasteiger partial charge in [-0.3, -0.25) is 0 Å². The predicted molar refractivity (Wildman–Crippen MR) is 136 cm³/mol.